The number of tetrazole rings is 1. The fraction of sp³-hybridized carbons (Fsp3) is 0.150. The van der Waals surface area contributed by atoms with Crippen LogP contribution in [0.25, 0.3) is 17.1 Å². The third kappa shape index (κ3) is 4.61. The van der Waals surface area contributed by atoms with Gasteiger partial charge in [-0.25, -0.2) is 9.78 Å². The maximum Gasteiger partial charge on any atom is 0.338 e. The van der Waals surface area contributed by atoms with E-state index >= 15 is 0 Å². The van der Waals surface area contributed by atoms with Crippen molar-refractivity contribution in [3.05, 3.63) is 82.9 Å². The van der Waals surface area contributed by atoms with Crippen molar-refractivity contribution in [2.24, 2.45) is 0 Å². The van der Waals surface area contributed by atoms with E-state index in [0.717, 1.165) is 5.56 Å². The van der Waals surface area contributed by atoms with Gasteiger partial charge < -0.3 is 9.30 Å². The van der Waals surface area contributed by atoms with Crippen LogP contribution in [-0.2, 0) is 11.3 Å². The van der Waals surface area contributed by atoms with Gasteiger partial charge in [-0.1, -0.05) is 30.3 Å². The van der Waals surface area contributed by atoms with E-state index in [-0.39, 0.29) is 17.9 Å². The summed E-state index contributed by atoms with van der Waals surface area (Å²) in [5.41, 5.74) is 1.06. The fourth-order valence-electron chi connectivity index (χ4n) is 2.91. The summed E-state index contributed by atoms with van der Waals surface area (Å²) in [4.78, 5) is 28.5. The molecule has 0 unspecified atom stereocenters. The highest BCUT2D eigenvalue weighted by Crippen LogP contribution is 2.24. The molecule has 2 aromatic heterocycles. The molecule has 2 heterocycles. The smallest absolute Gasteiger partial charge is 0.338 e. The Kier molecular flexibility index (Phi) is 5.74. The zero-order valence-electron chi connectivity index (χ0n) is 16.2. The van der Waals surface area contributed by atoms with Crippen molar-refractivity contribution in [1.82, 2.24) is 29.8 Å². The van der Waals surface area contributed by atoms with Crippen molar-refractivity contribution >= 4 is 11.7 Å². The summed E-state index contributed by atoms with van der Waals surface area (Å²) in [6.45, 7) is 0.519. The summed E-state index contributed by atoms with van der Waals surface area (Å²) in [5, 5.41) is 23.7. The van der Waals surface area contributed by atoms with E-state index in [4.69, 9.17) is 4.74 Å². The van der Waals surface area contributed by atoms with Gasteiger partial charge in [0.2, 0.25) is 5.82 Å². The van der Waals surface area contributed by atoms with Gasteiger partial charge in [0.15, 0.2) is 0 Å². The lowest BCUT2D eigenvalue weighted by molar-refractivity contribution is -0.384. The highest BCUT2D eigenvalue weighted by atomic mass is 16.6. The normalized spacial score (nSPS) is 10.7. The van der Waals surface area contributed by atoms with Crippen LogP contribution in [0, 0.1) is 10.1 Å². The number of carbonyl (C=O) groups excluding carboxylic acids is 1. The van der Waals surface area contributed by atoms with Gasteiger partial charge in [-0.15, -0.1) is 10.2 Å². The van der Waals surface area contributed by atoms with Crippen LogP contribution in [0.2, 0.25) is 0 Å². The molecule has 2 aromatic carbocycles. The van der Waals surface area contributed by atoms with Crippen LogP contribution in [0.1, 0.15) is 16.8 Å². The molecule has 0 spiro atoms. The summed E-state index contributed by atoms with van der Waals surface area (Å²) in [6, 6.07) is 13.6. The Balaban J connectivity index is 1.34. The molecule has 0 aliphatic carbocycles. The minimum Gasteiger partial charge on any atom is -0.462 e. The number of rotatable bonds is 8. The third-order valence-electron chi connectivity index (χ3n) is 4.41. The van der Waals surface area contributed by atoms with E-state index in [1.807, 2.05) is 30.3 Å². The molecule has 156 valence electrons. The fourth-order valence-corrected chi connectivity index (χ4v) is 2.91. The van der Waals surface area contributed by atoms with Crippen molar-refractivity contribution in [1.29, 1.82) is 0 Å². The number of benzene rings is 2. The van der Waals surface area contributed by atoms with Gasteiger partial charge in [0.25, 0.3) is 5.69 Å². The number of hydrogen-bond acceptors (Lipinski definition) is 8. The van der Waals surface area contributed by atoms with Crippen molar-refractivity contribution in [3.63, 3.8) is 0 Å². The van der Waals surface area contributed by atoms with Crippen LogP contribution in [0.3, 0.4) is 0 Å². The first-order chi connectivity index (χ1) is 15.1. The molecule has 4 aromatic rings. The molecule has 0 saturated heterocycles. The Morgan fingerprint density at radius 1 is 1.16 bits per heavy atom. The second kappa shape index (κ2) is 8.95. The molecule has 0 aliphatic rings. The van der Waals surface area contributed by atoms with Crippen LogP contribution in [0.4, 0.5) is 5.69 Å². The lowest BCUT2D eigenvalue weighted by atomic mass is 10.1. The Bertz CT molecular complexity index is 1190. The first-order valence-corrected chi connectivity index (χ1v) is 9.39. The largest absolute Gasteiger partial charge is 0.462 e. The van der Waals surface area contributed by atoms with E-state index in [9.17, 15) is 14.9 Å². The number of nitro benzene ring substituents is 1. The molecule has 0 N–H and O–H groups in total. The second-order valence-corrected chi connectivity index (χ2v) is 6.49. The number of nitro groups is 1. The van der Waals surface area contributed by atoms with Crippen molar-refractivity contribution in [2.45, 2.75) is 13.0 Å². The van der Waals surface area contributed by atoms with Gasteiger partial charge in [-0.2, -0.15) is 4.80 Å². The van der Waals surface area contributed by atoms with E-state index in [2.05, 4.69) is 20.4 Å². The molecule has 0 atom stereocenters. The first-order valence-electron chi connectivity index (χ1n) is 9.39. The number of carbonyl (C=O) groups is 1. The van der Waals surface area contributed by atoms with Crippen molar-refractivity contribution in [2.75, 3.05) is 6.61 Å². The van der Waals surface area contributed by atoms with E-state index in [0.29, 0.717) is 24.5 Å². The first kappa shape index (κ1) is 19.9. The Morgan fingerprint density at radius 2 is 2.00 bits per heavy atom. The van der Waals surface area contributed by atoms with Crippen LogP contribution in [0.5, 0.6) is 0 Å². The standard InChI is InChI=1S/C20H17N7O4/c28-20(16-7-8-17(18(13-16)27(29)30)25-11-9-21-14-25)31-12-4-10-26-23-19(22-24-26)15-5-2-1-3-6-15/h1-3,5-9,11,13-14H,4,10,12H2. The van der Waals surface area contributed by atoms with Crippen LogP contribution in [-0.4, -0.2) is 47.3 Å². The average molecular weight is 419 g/mol. The van der Waals surface area contributed by atoms with Crippen LogP contribution < -0.4 is 0 Å². The number of esters is 1. The molecular weight excluding hydrogens is 402 g/mol. The molecule has 0 radical (unpaired) electrons. The predicted octanol–water partition coefficient (Wildman–Crippen LogP) is 2.68. The summed E-state index contributed by atoms with van der Waals surface area (Å²) in [6.07, 6.45) is 5.01. The number of hydrogen-bond donors (Lipinski definition) is 0. The second-order valence-electron chi connectivity index (χ2n) is 6.49. The van der Waals surface area contributed by atoms with Crippen molar-refractivity contribution in [3.8, 4) is 17.1 Å². The number of aromatic nitrogens is 6. The Morgan fingerprint density at radius 3 is 2.74 bits per heavy atom. The van der Waals surface area contributed by atoms with E-state index < -0.39 is 10.9 Å². The Hall–Kier alpha value is -4.41. The average Bonchev–Trinajstić information content (AvgIpc) is 3.49. The minimum atomic E-state index is -0.642. The number of imidazole rings is 1. The van der Waals surface area contributed by atoms with E-state index in [1.54, 1.807) is 6.20 Å². The lowest BCUT2D eigenvalue weighted by Crippen LogP contribution is -2.11. The van der Waals surface area contributed by atoms with Gasteiger partial charge >= 0.3 is 5.97 Å². The molecule has 11 nitrogen and oxygen atoms in total. The van der Waals surface area contributed by atoms with Gasteiger partial charge in [-0.3, -0.25) is 10.1 Å². The molecule has 4 rings (SSSR count). The zero-order chi connectivity index (χ0) is 21.6. The van der Waals surface area contributed by atoms with Gasteiger partial charge in [0.05, 0.1) is 30.0 Å². The molecule has 0 aliphatic heterocycles. The maximum absolute atomic E-state index is 12.3. The predicted molar refractivity (Wildman–Crippen MR) is 108 cm³/mol. The topological polar surface area (TPSA) is 131 Å². The minimum absolute atomic E-state index is 0.0980. The lowest BCUT2D eigenvalue weighted by Gasteiger charge is -2.07. The quantitative estimate of drug-likeness (QED) is 0.184. The molecule has 0 saturated carbocycles. The number of aryl methyl sites for hydroxylation is 1. The van der Waals surface area contributed by atoms with Gasteiger partial charge in [0, 0.05) is 30.4 Å². The summed E-state index contributed by atoms with van der Waals surface area (Å²) < 4.78 is 6.74. The van der Waals surface area contributed by atoms with Crippen molar-refractivity contribution < 1.29 is 14.5 Å². The summed E-state index contributed by atoms with van der Waals surface area (Å²) in [5.74, 6) is -0.125. The number of ether oxygens (including phenoxy) is 1. The third-order valence-corrected chi connectivity index (χ3v) is 4.41. The SMILES string of the molecule is O=C(OCCCn1nnc(-c2ccccc2)n1)c1ccc(-n2ccnc2)c([N+](=O)[O-])c1. The Labute approximate surface area is 176 Å². The molecule has 0 fully saturated rings. The molecule has 31 heavy (non-hydrogen) atoms. The molecule has 11 heteroatoms. The molecular formula is C20H17N7O4. The number of nitrogens with zero attached hydrogens (tertiary/aromatic N) is 7. The summed E-state index contributed by atoms with van der Waals surface area (Å²) in [7, 11) is 0. The molecule has 0 amide bonds. The van der Waals surface area contributed by atoms with Gasteiger partial charge in [-0.05, 0) is 17.3 Å². The highest BCUT2D eigenvalue weighted by Gasteiger charge is 2.19. The highest BCUT2D eigenvalue weighted by molar-refractivity contribution is 5.90. The summed E-state index contributed by atoms with van der Waals surface area (Å²) >= 11 is 0. The maximum atomic E-state index is 12.3. The van der Waals surface area contributed by atoms with Gasteiger partial charge in [0.1, 0.15) is 5.69 Å². The van der Waals surface area contributed by atoms with E-state index in [1.165, 1.54) is 40.1 Å². The zero-order valence-corrected chi connectivity index (χ0v) is 16.2. The van der Waals surface area contributed by atoms with Crippen LogP contribution >= 0.6 is 0 Å². The van der Waals surface area contributed by atoms with Crippen LogP contribution in [0.15, 0.2) is 67.3 Å². The molecule has 0 bridgehead atoms. The monoisotopic (exact) mass is 419 g/mol.